The second-order valence-corrected chi connectivity index (χ2v) is 9.39. The zero-order valence-electron chi connectivity index (χ0n) is 19.4. The summed E-state index contributed by atoms with van der Waals surface area (Å²) in [4.78, 5) is 28.9. The van der Waals surface area contributed by atoms with Crippen LogP contribution in [0.25, 0.3) is 10.9 Å². The van der Waals surface area contributed by atoms with Gasteiger partial charge in [-0.05, 0) is 49.1 Å². The van der Waals surface area contributed by atoms with Gasteiger partial charge in [0.25, 0.3) is 0 Å². The maximum absolute atomic E-state index is 12.9. The lowest BCUT2D eigenvalue weighted by atomic mass is 9.75. The Morgan fingerprint density at radius 2 is 1.97 bits per heavy atom. The lowest BCUT2D eigenvalue weighted by Gasteiger charge is -2.36. The molecule has 0 saturated heterocycles. The second-order valence-electron chi connectivity index (χ2n) is 9.39. The molecule has 0 radical (unpaired) electrons. The average Bonchev–Trinajstić information content (AvgIpc) is 3.15. The maximum atomic E-state index is 12.9. The third-order valence-corrected chi connectivity index (χ3v) is 6.48. The summed E-state index contributed by atoms with van der Waals surface area (Å²) in [6.45, 7) is 8.11. The molecule has 7 heteroatoms. The molecule has 7 nitrogen and oxygen atoms in total. The molecule has 0 aliphatic heterocycles. The fourth-order valence-electron chi connectivity index (χ4n) is 4.64. The van der Waals surface area contributed by atoms with Gasteiger partial charge in [-0.3, -0.25) is 4.79 Å². The normalized spacial score (nSPS) is 22.7. The number of rotatable bonds is 7. The second kappa shape index (κ2) is 10.5. The maximum Gasteiger partial charge on any atom is 0.408 e. The fraction of sp³-hybridized carbons (Fsp3) is 0.560. The molecule has 1 aromatic heterocycles. The molecule has 2 aromatic rings. The number of nitrogens with zero attached hydrogens (tertiary/aromatic N) is 1. The standard InChI is InChI=1S/C25H34N4O3/c1-15(2)19-10-9-16(3)11-23(19)32-25(31)29-22(24(30)28-17(4)13-26)12-18-14-27-21-8-6-5-7-20(18)21/h5-8,14-17,19,22-23,27H,9-12H2,1-4H3,(H,28,30)(H,29,31). The van der Waals surface area contributed by atoms with Crippen LogP contribution in [0.4, 0.5) is 4.79 Å². The van der Waals surface area contributed by atoms with Gasteiger partial charge in [-0.15, -0.1) is 0 Å². The number of amides is 2. The molecule has 5 unspecified atom stereocenters. The Kier molecular flexibility index (Phi) is 7.79. The summed E-state index contributed by atoms with van der Waals surface area (Å²) in [7, 11) is 0. The number of alkyl carbamates (subject to hydrolysis) is 1. The van der Waals surface area contributed by atoms with Crippen LogP contribution < -0.4 is 10.6 Å². The highest BCUT2D eigenvalue weighted by Crippen LogP contribution is 2.35. The van der Waals surface area contributed by atoms with Gasteiger partial charge in [0.1, 0.15) is 18.2 Å². The van der Waals surface area contributed by atoms with Gasteiger partial charge in [-0.25, -0.2) is 4.79 Å². The van der Waals surface area contributed by atoms with Crippen molar-refractivity contribution in [3.63, 3.8) is 0 Å². The van der Waals surface area contributed by atoms with E-state index in [1.165, 1.54) is 0 Å². The van der Waals surface area contributed by atoms with Gasteiger partial charge in [-0.1, -0.05) is 45.4 Å². The Bertz CT molecular complexity index is 977. The highest BCUT2D eigenvalue weighted by Gasteiger charge is 2.34. The molecule has 1 heterocycles. The quantitative estimate of drug-likeness (QED) is 0.599. The van der Waals surface area contributed by atoms with Gasteiger partial charge in [0.15, 0.2) is 0 Å². The van der Waals surface area contributed by atoms with Crippen LogP contribution >= 0.6 is 0 Å². The lowest BCUT2D eigenvalue weighted by molar-refractivity contribution is -0.123. The third kappa shape index (κ3) is 5.82. The molecule has 1 saturated carbocycles. The van der Waals surface area contributed by atoms with Crippen molar-refractivity contribution in [2.75, 3.05) is 0 Å². The predicted molar refractivity (Wildman–Crippen MR) is 124 cm³/mol. The Morgan fingerprint density at radius 3 is 2.69 bits per heavy atom. The molecule has 2 amide bonds. The van der Waals surface area contributed by atoms with E-state index >= 15 is 0 Å². The first-order valence-electron chi connectivity index (χ1n) is 11.5. The number of carbonyl (C=O) groups is 2. The van der Waals surface area contributed by atoms with Gasteiger partial charge in [0.2, 0.25) is 5.91 Å². The van der Waals surface area contributed by atoms with E-state index in [9.17, 15) is 9.59 Å². The minimum absolute atomic E-state index is 0.159. The van der Waals surface area contributed by atoms with Crippen LogP contribution in [-0.2, 0) is 16.0 Å². The number of benzene rings is 1. The summed E-state index contributed by atoms with van der Waals surface area (Å²) in [6.07, 6.45) is 4.41. The molecule has 1 aromatic carbocycles. The summed E-state index contributed by atoms with van der Waals surface area (Å²) < 4.78 is 5.85. The van der Waals surface area contributed by atoms with Gasteiger partial charge in [0.05, 0.1) is 6.07 Å². The van der Waals surface area contributed by atoms with E-state index in [0.717, 1.165) is 35.7 Å². The summed E-state index contributed by atoms with van der Waals surface area (Å²) in [5.74, 6) is 0.835. The van der Waals surface area contributed by atoms with Crippen molar-refractivity contribution in [2.24, 2.45) is 17.8 Å². The average molecular weight is 439 g/mol. The number of nitriles is 1. The number of ether oxygens (including phenoxy) is 1. The van der Waals surface area contributed by atoms with Crippen molar-refractivity contribution >= 4 is 22.9 Å². The topological polar surface area (TPSA) is 107 Å². The third-order valence-electron chi connectivity index (χ3n) is 6.48. The summed E-state index contributed by atoms with van der Waals surface area (Å²) in [5, 5.41) is 15.5. The number of para-hydroxylation sites is 1. The summed E-state index contributed by atoms with van der Waals surface area (Å²) >= 11 is 0. The molecular weight excluding hydrogens is 404 g/mol. The van der Waals surface area contributed by atoms with Crippen LogP contribution in [0.5, 0.6) is 0 Å². The molecule has 1 aliphatic rings. The largest absolute Gasteiger partial charge is 0.446 e. The Labute approximate surface area is 189 Å². The highest BCUT2D eigenvalue weighted by molar-refractivity contribution is 5.88. The number of fused-ring (bicyclic) bond motifs is 1. The van der Waals surface area contributed by atoms with Gasteiger partial charge < -0.3 is 20.4 Å². The molecular formula is C25H34N4O3. The van der Waals surface area contributed by atoms with Gasteiger partial charge in [-0.2, -0.15) is 5.26 Å². The van der Waals surface area contributed by atoms with Crippen LogP contribution in [-0.4, -0.2) is 35.2 Å². The Balaban J connectivity index is 1.74. The molecule has 1 fully saturated rings. The van der Waals surface area contributed by atoms with Crippen LogP contribution in [0.15, 0.2) is 30.5 Å². The smallest absolute Gasteiger partial charge is 0.408 e. The SMILES string of the molecule is CC1CCC(C(C)C)C(OC(=O)NC(Cc2c[nH]c3ccccc23)C(=O)NC(C)C#N)C1. The number of aromatic nitrogens is 1. The first-order valence-corrected chi connectivity index (χ1v) is 11.5. The molecule has 1 aliphatic carbocycles. The molecule has 32 heavy (non-hydrogen) atoms. The van der Waals surface area contributed by atoms with E-state index < -0.39 is 24.1 Å². The number of carbonyl (C=O) groups excluding carboxylic acids is 2. The number of hydrogen-bond donors (Lipinski definition) is 3. The molecule has 3 N–H and O–H groups in total. The summed E-state index contributed by atoms with van der Waals surface area (Å²) in [5.41, 5.74) is 1.88. The number of hydrogen-bond acceptors (Lipinski definition) is 4. The van der Waals surface area contributed by atoms with Crippen LogP contribution in [0.1, 0.15) is 52.5 Å². The zero-order chi connectivity index (χ0) is 23.3. The van der Waals surface area contributed by atoms with Crippen molar-refractivity contribution in [1.82, 2.24) is 15.6 Å². The zero-order valence-corrected chi connectivity index (χ0v) is 19.4. The molecule has 0 spiro atoms. The van der Waals surface area contributed by atoms with Crippen LogP contribution in [0, 0.1) is 29.1 Å². The fourth-order valence-corrected chi connectivity index (χ4v) is 4.64. The van der Waals surface area contributed by atoms with Crippen molar-refractivity contribution in [2.45, 2.75) is 71.6 Å². The molecule has 172 valence electrons. The molecule has 0 bridgehead atoms. The van der Waals surface area contributed by atoms with E-state index in [4.69, 9.17) is 10.00 Å². The summed E-state index contributed by atoms with van der Waals surface area (Å²) in [6, 6.07) is 8.30. The van der Waals surface area contributed by atoms with E-state index in [1.807, 2.05) is 36.5 Å². The van der Waals surface area contributed by atoms with Crippen molar-refractivity contribution in [3.8, 4) is 6.07 Å². The Morgan fingerprint density at radius 1 is 1.22 bits per heavy atom. The van der Waals surface area contributed by atoms with E-state index in [1.54, 1.807) is 6.92 Å². The van der Waals surface area contributed by atoms with Crippen molar-refractivity contribution in [3.05, 3.63) is 36.0 Å². The highest BCUT2D eigenvalue weighted by atomic mass is 16.6. The van der Waals surface area contributed by atoms with Crippen LogP contribution in [0.3, 0.4) is 0 Å². The monoisotopic (exact) mass is 438 g/mol. The van der Waals surface area contributed by atoms with Crippen molar-refractivity contribution in [1.29, 1.82) is 5.26 Å². The molecule has 3 rings (SSSR count). The molecule has 5 atom stereocenters. The number of nitrogens with one attached hydrogen (secondary N) is 3. The number of H-pyrrole nitrogens is 1. The first kappa shape index (κ1) is 23.6. The minimum Gasteiger partial charge on any atom is -0.446 e. The minimum atomic E-state index is -0.851. The van der Waals surface area contributed by atoms with Crippen LogP contribution in [0.2, 0.25) is 0 Å². The first-order chi connectivity index (χ1) is 15.3. The van der Waals surface area contributed by atoms with Crippen molar-refractivity contribution < 1.29 is 14.3 Å². The van der Waals surface area contributed by atoms with E-state index in [2.05, 4.69) is 36.4 Å². The van der Waals surface area contributed by atoms with E-state index in [0.29, 0.717) is 17.8 Å². The lowest BCUT2D eigenvalue weighted by Crippen LogP contribution is -2.51. The Hall–Kier alpha value is -3.01. The van der Waals surface area contributed by atoms with Gasteiger partial charge >= 0.3 is 6.09 Å². The predicted octanol–water partition coefficient (Wildman–Crippen LogP) is 4.29. The van der Waals surface area contributed by atoms with E-state index in [-0.39, 0.29) is 12.5 Å². The van der Waals surface area contributed by atoms with Gasteiger partial charge in [0, 0.05) is 23.5 Å². The number of aromatic amines is 1.